The lowest BCUT2D eigenvalue weighted by Crippen LogP contribution is -2.10. The maximum Gasteiger partial charge on any atom is 0.265 e. The summed E-state index contributed by atoms with van der Waals surface area (Å²) in [6.07, 6.45) is 1.13. The summed E-state index contributed by atoms with van der Waals surface area (Å²) in [4.78, 5) is 13.9. The van der Waals surface area contributed by atoms with E-state index >= 15 is 0 Å². The molecule has 1 aromatic heterocycles. The zero-order valence-corrected chi connectivity index (χ0v) is 12.4. The van der Waals surface area contributed by atoms with Gasteiger partial charge in [-0.25, -0.2) is 0 Å². The number of hydrogen-bond acceptors (Lipinski definition) is 2. The van der Waals surface area contributed by atoms with Gasteiger partial charge in [-0.3, -0.25) is 4.79 Å². The number of amides is 1. The van der Waals surface area contributed by atoms with Crippen molar-refractivity contribution in [2.75, 3.05) is 5.32 Å². The Morgan fingerprint density at radius 2 is 1.89 bits per heavy atom. The lowest BCUT2D eigenvalue weighted by atomic mass is 9.99. The van der Waals surface area contributed by atoms with E-state index in [0.717, 1.165) is 21.9 Å². The van der Waals surface area contributed by atoms with Crippen molar-refractivity contribution in [2.45, 2.75) is 33.1 Å². The third-order valence-corrected chi connectivity index (χ3v) is 4.31. The Bertz CT molecular complexity index is 556. The monoisotopic (exact) mass is 273 g/mol. The Labute approximate surface area is 118 Å². The van der Waals surface area contributed by atoms with E-state index in [2.05, 4.69) is 31.3 Å². The van der Waals surface area contributed by atoms with Crippen molar-refractivity contribution in [1.82, 2.24) is 0 Å². The molecule has 2 rings (SSSR count). The smallest absolute Gasteiger partial charge is 0.265 e. The summed E-state index contributed by atoms with van der Waals surface area (Å²) in [5.41, 5.74) is 2.16. The van der Waals surface area contributed by atoms with Crippen LogP contribution in [0.15, 0.2) is 36.4 Å². The molecule has 100 valence electrons. The normalized spacial score (nSPS) is 12.2. The molecule has 2 aromatic rings. The average molecular weight is 273 g/mol. The first kappa shape index (κ1) is 13.8. The van der Waals surface area contributed by atoms with E-state index in [0.29, 0.717) is 5.92 Å². The number of hydrogen-bond donors (Lipinski definition) is 1. The first-order chi connectivity index (χ1) is 9.10. The summed E-state index contributed by atoms with van der Waals surface area (Å²) >= 11 is 1.51. The number of anilines is 1. The highest BCUT2D eigenvalue weighted by Crippen LogP contribution is 2.21. The lowest BCUT2D eigenvalue weighted by molar-refractivity contribution is 0.103. The number of aryl methyl sites for hydroxylation is 1. The summed E-state index contributed by atoms with van der Waals surface area (Å²) in [5, 5.41) is 2.93. The van der Waals surface area contributed by atoms with Crippen LogP contribution in [0.3, 0.4) is 0 Å². The predicted molar refractivity (Wildman–Crippen MR) is 82.2 cm³/mol. The minimum Gasteiger partial charge on any atom is -0.321 e. The first-order valence-corrected chi connectivity index (χ1v) is 7.39. The summed E-state index contributed by atoms with van der Waals surface area (Å²) in [6, 6.07) is 11.9. The van der Waals surface area contributed by atoms with E-state index in [9.17, 15) is 4.79 Å². The van der Waals surface area contributed by atoms with Crippen LogP contribution >= 0.6 is 11.3 Å². The highest BCUT2D eigenvalue weighted by molar-refractivity contribution is 7.14. The molecule has 19 heavy (non-hydrogen) atoms. The van der Waals surface area contributed by atoms with E-state index in [1.807, 2.05) is 31.2 Å². The largest absolute Gasteiger partial charge is 0.321 e. The van der Waals surface area contributed by atoms with Crippen molar-refractivity contribution in [3.8, 4) is 0 Å². The Kier molecular flexibility index (Phi) is 4.38. The summed E-state index contributed by atoms with van der Waals surface area (Å²) in [5.74, 6) is 0.527. The van der Waals surface area contributed by atoms with Gasteiger partial charge in [0, 0.05) is 10.6 Å². The van der Waals surface area contributed by atoms with E-state index in [4.69, 9.17) is 0 Å². The summed E-state index contributed by atoms with van der Waals surface area (Å²) < 4.78 is 0. The fourth-order valence-corrected chi connectivity index (χ4v) is 2.64. The lowest BCUT2D eigenvalue weighted by Gasteiger charge is -2.10. The molecule has 1 atom stereocenters. The van der Waals surface area contributed by atoms with Gasteiger partial charge in [0.15, 0.2) is 0 Å². The third kappa shape index (κ3) is 3.44. The molecule has 0 spiro atoms. The minimum atomic E-state index is -0.0330. The maximum atomic E-state index is 12.0. The molecule has 0 bridgehead atoms. The molecule has 0 fully saturated rings. The van der Waals surface area contributed by atoms with Crippen molar-refractivity contribution < 1.29 is 4.79 Å². The Morgan fingerprint density at radius 3 is 2.42 bits per heavy atom. The molecular weight excluding hydrogens is 254 g/mol. The van der Waals surface area contributed by atoms with E-state index in [1.54, 1.807) is 0 Å². The second-order valence-electron chi connectivity index (χ2n) is 4.80. The molecule has 2 nitrogen and oxygen atoms in total. The van der Waals surface area contributed by atoms with Gasteiger partial charge in [-0.05, 0) is 49.1 Å². The van der Waals surface area contributed by atoms with Gasteiger partial charge < -0.3 is 5.32 Å². The van der Waals surface area contributed by atoms with Crippen LogP contribution in [0.1, 0.15) is 46.3 Å². The van der Waals surface area contributed by atoms with Gasteiger partial charge in [-0.15, -0.1) is 11.3 Å². The highest BCUT2D eigenvalue weighted by atomic mass is 32.1. The molecule has 0 radical (unpaired) electrons. The van der Waals surface area contributed by atoms with Crippen LogP contribution in [0, 0.1) is 6.92 Å². The molecule has 3 heteroatoms. The van der Waals surface area contributed by atoms with E-state index in [1.165, 1.54) is 16.9 Å². The topological polar surface area (TPSA) is 29.1 Å². The van der Waals surface area contributed by atoms with Crippen LogP contribution in [-0.2, 0) is 0 Å². The molecule has 0 aliphatic carbocycles. The minimum absolute atomic E-state index is 0.0330. The van der Waals surface area contributed by atoms with Gasteiger partial charge in [0.1, 0.15) is 0 Å². The van der Waals surface area contributed by atoms with Gasteiger partial charge >= 0.3 is 0 Å². The molecule has 0 aliphatic rings. The number of nitrogens with one attached hydrogen (secondary N) is 1. The fourth-order valence-electron chi connectivity index (χ4n) is 1.88. The van der Waals surface area contributed by atoms with Crippen LogP contribution in [-0.4, -0.2) is 5.91 Å². The number of rotatable bonds is 4. The van der Waals surface area contributed by atoms with E-state index < -0.39 is 0 Å². The van der Waals surface area contributed by atoms with Crippen molar-refractivity contribution in [2.24, 2.45) is 0 Å². The number of carbonyl (C=O) groups excluding carboxylic acids is 1. The van der Waals surface area contributed by atoms with Crippen molar-refractivity contribution in [3.05, 3.63) is 51.7 Å². The van der Waals surface area contributed by atoms with Crippen LogP contribution in [0.2, 0.25) is 0 Å². The molecular formula is C16H19NOS. The standard InChI is InChI=1S/C16H19NOS/c1-4-11(2)13-6-8-14(9-7-13)17-16(18)15-10-5-12(3)19-15/h5-11H,4H2,1-3H3,(H,17,18). The second-order valence-corrected chi connectivity index (χ2v) is 6.08. The molecule has 1 N–H and O–H groups in total. The van der Waals surface area contributed by atoms with Gasteiger partial charge in [-0.1, -0.05) is 26.0 Å². The van der Waals surface area contributed by atoms with Crippen LogP contribution in [0.25, 0.3) is 0 Å². The number of benzene rings is 1. The first-order valence-electron chi connectivity index (χ1n) is 6.58. The molecule has 0 aliphatic heterocycles. The zero-order chi connectivity index (χ0) is 13.8. The molecule has 0 saturated heterocycles. The second kappa shape index (κ2) is 6.02. The Morgan fingerprint density at radius 1 is 1.21 bits per heavy atom. The average Bonchev–Trinajstić information content (AvgIpc) is 2.85. The molecule has 1 unspecified atom stereocenters. The third-order valence-electron chi connectivity index (χ3n) is 3.31. The number of carbonyl (C=O) groups is 1. The number of thiophene rings is 1. The molecule has 1 amide bonds. The van der Waals surface area contributed by atoms with Crippen LogP contribution in [0.5, 0.6) is 0 Å². The van der Waals surface area contributed by atoms with Crippen molar-refractivity contribution in [3.63, 3.8) is 0 Å². The summed E-state index contributed by atoms with van der Waals surface area (Å²) in [7, 11) is 0. The van der Waals surface area contributed by atoms with Gasteiger partial charge in [0.2, 0.25) is 0 Å². The maximum absolute atomic E-state index is 12.0. The molecule has 0 saturated carbocycles. The van der Waals surface area contributed by atoms with Crippen molar-refractivity contribution in [1.29, 1.82) is 0 Å². The SMILES string of the molecule is CCC(C)c1ccc(NC(=O)c2ccc(C)s2)cc1. The van der Waals surface area contributed by atoms with Gasteiger partial charge in [-0.2, -0.15) is 0 Å². The quantitative estimate of drug-likeness (QED) is 0.850. The van der Waals surface area contributed by atoms with E-state index in [-0.39, 0.29) is 5.91 Å². The van der Waals surface area contributed by atoms with Gasteiger partial charge in [0.25, 0.3) is 5.91 Å². The Hall–Kier alpha value is -1.61. The molecule has 1 aromatic carbocycles. The van der Waals surface area contributed by atoms with Gasteiger partial charge in [0.05, 0.1) is 4.88 Å². The molecule has 1 heterocycles. The van der Waals surface area contributed by atoms with Crippen LogP contribution < -0.4 is 5.32 Å². The Balaban J connectivity index is 2.05. The fraction of sp³-hybridized carbons (Fsp3) is 0.312. The highest BCUT2D eigenvalue weighted by Gasteiger charge is 2.08. The predicted octanol–water partition coefficient (Wildman–Crippen LogP) is 4.82. The zero-order valence-electron chi connectivity index (χ0n) is 11.6. The summed E-state index contributed by atoms with van der Waals surface area (Å²) in [6.45, 7) is 6.39. The van der Waals surface area contributed by atoms with Crippen molar-refractivity contribution >= 4 is 22.9 Å². The van der Waals surface area contributed by atoms with Crippen LogP contribution in [0.4, 0.5) is 5.69 Å².